The fourth-order valence-corrected chi connectivity index (χ4v) is 3.37. The van der Waals surface area contributed by atoms with E-state index in [0.717, 1.165) is 28.9 Å². The van der Waals surface area contributed by atoms with Crippen molar-refractivity contribution in [3.63, 3.8) is 0 Å². The first kappa shape index (κ1) is 14.7. The summed E-state index contributed by atoms with van der Waals surface area (Å²) in [5, 5.41) is 0. The van der Waals surface area contributed by atoms with Gasteiger partial charge in [0.15, 0.2) is 5.78 Å². The van der Waals surface area contributed by atoms with Crippen LogP contribution in [-0.2, 0) is 6.42 Å². The van der Waals surface area contributed by atoms with Crippen molar-refractivity contribution in [2.24, 2.45) is 0 Å². The quantitative estimate of drug-likeness (QED) is 0.656. The first-order valence-electron chi connectivity index (χ1n) is 8.22. The van der Waals surface area contributed by atoms with E-state index in [-0.39, 0.29) is 11.7 Å². The Labute approximate surface area is 141 Å². The maximum atomic E-state index is 12.9. The van der Waals surface area contributed by atoms with Crippen LogP contribution in [-0.4, -0.2) is 12.4 Å². The Morgan fingerprint density at radius 2 is 1.58 bits per heavy atom. The predicted molar refractivity (Wildman–Crippen MR) is 94.7 cm³/mol. The Morgan fingerprint density at radius 3 is 2.33 bits per heavy atom. The molecule has 0 aromatic heterocycles. The Hall–Kier alpha value is -2.87. The van der Waals surface area contributed by atoms with E-state index in [2.05, 4.69) is 12.1 Å². The molecule has 0 saturated carbocycles. The van der Waals surface area contributed by atoms with Crippen LogP contribution in [0.2, 0.25) is 0 Å². The second-order valence-electron chi connectivity index (χ2n) is 6.11. The number of carbonyl (C=O) groups is 1. The summed E-state index contributed by atoms with van der Waals surface area (Å²) in [4.78, 5) is 12.9. The van der Waals surface area contributed by atoms with E-state index in [4.69, 9.17) is 4.74 Å². The van der Waals surface area contributed by atoms with E-state index in [1.54, 1.807) is 0 Å². The van der Waals surface area contributed by atoms with Crippen LogP contribution in [0.25, 0.3) is 0 Å². The Morgan fingerprint density at radius 1 is 0.875 bits per heavy atom. The van der Waals surface area contributed by atoms with Gasteiger partial charge in [-0.15, -0.1) is 0 Å². The van der Waals surface area contributed by atoms with Crippen molar-refractivity contribution in [3.05, 3.63) is 101 Å². The molecule has 1 aliphatic heterocycles. The third-order valence-corrected chi connectivity index (χ3v) is 4.52. The van der Waals surface area contributed by atoms with Crippen molar-refractivity contribution >= 4 is 5.78 Å². The van der Waals surface area contributed by atoms with E-state index in [1.807, 2.05) is 66.7 Å². The highest BCUT2D eigenvalue weighted by molar-refractivity contribution is 6.10. The van der Waals surface area contributed by atoms with Crippen LogP contribution >= 0.6 is 0 Å². The zero-order chi connectivity index (χ0) is 16.4. The topological polar surface area (TPSA) is 26.3 Å². The molecule has 0 fully saturated rings. The maximum absolute atomic E-state index is 12.9. The summed E-state index contributed by atoms with van der Waals surface area (Å²) in [6, 6.07) is 25.6. The first-order valence-corrected chi connectivity index (χ1v) is 8.22. The second kappa shape index (κ2) is 6.32. The molecule has 4 rings (SSSR count). The Kier molecular flexibility index (Phi) is 3.87. The molecule has 118 valence electrons. The number of hydrogen-bond acceptors (Lipinski definition) is 2. The van der Waals surface area contributed by atoms with Gasteiger partial charge in [0.1, 0.15) is 5.75 Å². The number of hydrogen-bond donors (Lipinski definition) is 0. The summed E-state index contributed by atoms with van der Waals surface area (Å²) < 4.78 is 5.86. The lowest BCUT2D eigenvalue weighted by molar-refractivity contribution is 0.103. The van der Waals surface area contributed by atoms with Gasteiger partial charge in [0.2, 0.25) is 0 Å². The van der Waals surface area contributed by atoms with Gasteiger partial charge in [-0.3, -0.25) is 4.79 Å². The van der Waals surface area contributed by atoms with Gasteiger partial charge in [-0.05, 0) is 18.1 Å². The molecule has 3 aromatic rings. The SMILES string of the molecule is O=C(c1ccccc1)c1cccc2c1[C@H](Cc1ccccc1)CO2. The van der Waals surface area contributed by atoms with Crippen molar-refractivity contribution in [1.82, 2.24) is 0 Å². The smallest absolute Gasteiger partial charge is 0.193 e. The largest absolute Gasteiger partial charge is 0.493 e. The minimum Gasteiger partial charge on any atom is -0.493 e. The molecule has 1 atom stereocenters. The van der Waals surface area contributed by atoms with Crippen LogP contribution in [0.1, 0.15) is 33.0 Å². The van der Waals surface area contributed by atoms with Crippen molar-refractivity contribution in [3.8, 4) is 5.75 Å². The van der Waals surface area contributed by atoms with Crippen LogP contribution in [0.3, 0.4) is 0 Å². The predicted octanol–water partition coefficient (Wildman–Crippen LogP) is 4.64. The van der Waals surface area contributed by atoms with Crippen LogP contribution < -0.4 is 4.74 Å². The summed E-state index contributed by atoms with van der Waals surface area (Å²) in [6.45, 7) is 0.628. The molecular formula is C22H18O2. The lowest BCUT2D eigenvalue weighted by atomic mass is 9.87. The number of ketones is 1. The molecule has 0 aliphatic carbocycles. The summed E-state index contributed by atoms with van der Waals surface area (Å²) in [5.74, 6) is 1.12. The molecule has 1 aliphatic rings. The molecule has 2 nitrogen and oxygen atoms in total. The third kappa shape index (κ3) is 2.71. The normalized spacial score (nSPS) is 15.6. The van der Waals surface area contributed by atoms with Crippen molar-refractivity contribution in [2.75, 3.05) is 6.61 Å². The van der Waals surface area contributed by atoms with Gasteiger partial charge in [-0.1, -0.05) is 72.8 Å². The number of carbonyl (C=O) groups excluding carboxylic acids is 1. The molecule has 2 heteroatoms. The zero-order valence-electron chi connectivity index (χ0n) is 13.3. The van der Waals surface area contributed by atoms with Gasteiger partial charge in [0, 0.05) is 22.6 Å². The highest BCUT2D eigenvalue weighted by Crippen LogP contribution is 2.39. The zero-order valence-corrected chi connectivity index (χ0v) is 13.3. The van der Waals surface area contributed by atoms with E-state index < -0.39 is 0 Å². The lowest BCUT2D eigenvalue weighted by Crippen LogP contribution is -2.10. The van der Waals surface area contributed by atoms with Crippen molar-refractivity contribution < 1.29 is 9.53 Å². The average Bonchev–Trinajstić information content (AvgIpc) is 3.06. The summed E-state index contributed by atoms with van der Waals surface area (Å²) >= 11 is 0. The third-order valence-electron chi connectivity index (χ3n) is 4.52. The molecule has 0 saturated heterocycles. The average molecular weight is 314 g/mol. The maximum Gasteiger partial charge on any atom is 0.193 e. The van der Waals surface area contributed by atoms with E-state index in [0.29, 0.717) is 6.61 Å². The van der Waals surface area contributed by atoms with Gasteiger partial charge in [0.05, 0.1) is 6.61 Å². The van der Waals surface area contributed by atoms with Crippen LogP contribution in [0, 0.1) is 0 Å². The standard InChI is InChI=1S/C22H18O2/c23-22(17-10-5-2-6-11-17)19-12-7-13-20-21(19)18(15-24-20)14-16-8-3-1-4-9-16/h1-13,18H,14-15H2/t18-/m1/s1. The molecule has 0 unspecified atom stereocenters. The molecule has 0 radical (unpaired) electrons. The van der Waals surface area contributed by atoms with E-state index in [9.17, 15) is 4.79 Å². The summed E-state index contributed by atoms with van der Waals surface area (Å²) in [6.07, 6.45) is 0.882. The van der Waals surface area contributed by atoms with Gasteiger partial charge in [-0.25, -0.2) is 0 Å². The fourth-order valence-electron chi connectivity index (χ4n) is 3.37. The van der Waals surface area contributed by atoms with E-state index in [1.165, 1.54) is 5.56 Å². The summed E-state index contributed by atoms with van der Waals surface area (Å²) in [7, 11) is 0. The molecule has 0 N–H and O–H groups in total. The second-order valence-corrected chi connectivity index (χ2v) is 6.11. The first-order chi connectivity index (χ1) is 11.8. The molecular weight excluding hydrogens is 296 g/mol. The monoisotopic (exact) mass is 314 g/mol. The highest BCUT2D eigenvalue weighted by atomic mass is 16.5. The number of benzene rings is 3. The molecule has 0 bridgehead atoms. The highest BCUT2D eigenvalue weighted by Gasteiger charge is 2.29. The van der Waals surface area contributed by atoms with Crippen molar-refractivity contribution in [1.29, 1.82) is 0 Å². The van der Waals surface area contributed by atoms with E-state index >= 15 is 0 Å². The minimum atomic E-state index is 0.0658. The molecule has 24 heavy (non-hydrogen) atoms. The molecule has 0 amide bonds. The lowest BCUT2D eigenvalue weighted by Gasteiger charge is -2.13. The van der Waals surface area contributed by atoms with Crippen LogP contribution in [0.4, 0.5) is 0 Å². The molecule has 0 spiro atoms. The number of rotatable bonds is 4. The summed E-state index contributed by atoms with van der Waals surface area (Å²) in [5.41, 5.74) is 3.80. The van der Waals surface area contributed by atoms with Gasteiger partial charge >= 0.3 is 0 Å². The van der Waals surface area contributed by atoms with Gasteiger partial charge in [-0.2, -0.15) is 0 Å². The minimum absolute atomic E-state index is 0.0658. The van der Waals surface area contributed by atoms with Crippen molar-refractivity contribution in [2.45, 2.75) is 12.3 Å². The number of ether oxygens (including phenoxy) is 1. The number of fused-ring (bicyclic) bond motifs is 1. The van der Waals surface area contributed by atoms with Gasteiger partial charge < -0.3 is 4.74 Å². The van der Waals surface area contributed by atoms with Crippen LogP contribution in [0.5, 0.6) is 5.75 Å². The van der Waals surface area contributed by atoms with Crippen LogP contribution in [0.15, 0.2) is 78.9 Å². The Balaban J connectivity index is 1.71. The molecule has 3 aromatic carbocycles. The fraction of sp³-hybridized carbons (Fsp3) is 0.136. The molecule has 1 heterocycles. The Bertz CT molecular complexity index is 854. The van der Waals surface area contributed by atoms with Gasteiger partial charge in [0.25, 0.3) is 0 Å².